The summed E-state index contributed by atoms with van der Waals surface area (Å²) in [4.78, 5) is 9.66. The van der Waals surface area contributed by atoms with Gasteiger partial charge in [-0.25, -0.2) is 4.99 Å². The quantitative estimate of drug-likeness (QED) is 0.298. The molecule has 2 N–H and O–H groups in total. The number of hydrogen-bond donors (Lipinski definition) is 2. The molecule has 0 radical (unpaired) electrons. The number of ether oxygens (including phenoxy) is 2. The second kappa shape index (κ2) is 13.3. The van der Waals surface area contributed by atoms with Gasteiger partial charge in [-0.15, -0.1) is 24.0 Å². The Kier molecular flexibility index (Phi) is 11.2. The van der Waals surface area contributed by atoms with E-state index in [1.54, 1.807) is 7.11 Å². The van der Waals surface area contributed by atoms with Gasteiger partial charge >= 0.3 is 0 Å². The van der Waals surface area contributed by atoms with Gasteiger partial charge in [0, 0.05) is 50.4 Å². The first-order chi connectivity index (χ1) is 14.6. The van der Waals surface area contributed by atoms with E-state index in [1.807, 2.05) is 12.1 Å². The summed E-state index contributed by atoms with van der Waals surface area (Å²) < 4.78 is 11.7. The van der Waals surface area contributed by atoms with Crippen LogP contribution in [0.5, 0.6) is 11.5 Å². The van der Waals surface area contributed by atoms with E-state index in [0.29, 0.717) is 18.7 Å². The molecule has 1 atom stereocenters. The minimum atomic E-state index is 0. The number of methoxy groups -OCH3 is 1. The average molecular weight is 546 g/mol. The van der Waals surface area contributed by atoms with Crippen molar-refractivity contribution in [1.29, 1.82) is 0 Å². The maximum atomic E-state index is 6.32. The number of halogens is 1. The standard InChI is InChI=1S/C23H39N5O2.HI/c1-5-24-23(26-16-19-17-27(2)12-13-28(19)3)25-15-18-10-11-21(29-4)14-22(18)30-20-8-6-7-9-20;/h10-11,14,19-20H,5-9,12-13,15-17H2,1-4H3,(H2,24,25,26);1H. The highest BCUT2D eigenvalue weighted by Crippen LogP contribution is 2.30. The van der Waals surface area contributed by atoms with Crippen LogP contribution < -0.4 is 20.1 Å². The molecule has 0 spiro atoms. The zero-order chi connectivity index (χ0) is 21.3. The molecule has 1 heterocycles. The number of guanidine groups is 1. The maximum Gasteiger partial charge on any atom is 0.191 e. The first kappa shape index (κ1) is 26.0. The minimum absolute atomic E-state index is 0. The van der Waals surface area contributed by atoms with Gasteiger partial charge in [-0.3, -0.25) is 4.90 Å². The molecule has 1 aromatic rings. The van der Waals surface area contributed by atoms with Crippen molar-refractivity contribution in [2.24, 2.45) is 4.99 Å². The monoisotopic (exact) mass is 545 g/mol. The van der Waals surface area contributed by atoms with E-state index < -0.39 is 0 Å². The Hall–Kier alpha value is -1.26. The highest BCUT2D eigenvalue weighted by molar-refractivity contribution is 14.0. The van der Waals surface area contributed by atoms with Crippen LogP contribution in [-0.4, -0.2) is 81.8 Å². The molecule has 2 aliphatic rings. The number of nitrogens with zero attached hydrogens (tertiary/aromatic N) is 3. The largest absolute Gasteiger partial charge is 0.497 e. The highest BCUT2D eigenvalue weighted by Gasteiger charge is 2.22. The molecular weight excluding hydrogens is 505 g/mol. The Bertz CT molecular complexity index is 697. The third-order valence-corrected chi connectivity index (χ3v) is 6.11. The number of rotatable bonds is 8. The molecule has 176 valence electrons. The lowest BCUT2D eigenvalue weighted by Crippen LogP contribution is -2.55. The number of piperazine rings is 1. The van der Waals surface area contributed by atoms with Gasteiger partial charge in [0.15, 0.2) is 5.96 Å². The average Bonchev–Trinajstić information content (AvgIpc) is 3.26. The molecule has 8 heteroatoms. The molecule has 0 aromatic heterocycles. The van der Waals surface area contributed by atoms with Gasteiger partial charge in [0.1, 0.15) is 11.5 Å². The fourth-order valence-corrected chi connectivity index (χ4v) is 4.13. The summed E-state index contributed by atoms with van der Waals surface area (Å²) >= 11 is 0. The Balaban J connectivity index is 0.00000341. The van der Waals surface area contributed by atoms with Crippen molar-refractivity contribution in [3.8, 4) is 11.5 Å². The van der Waals surface area contributed by atoms with Crippen LogP contribution >= 0.6 is 24.0 Å². The van der Waals surface area contributed by atoms with Crippen LogP contribution in [0.2, 0.25) is 0 Å². The summed E-state index contributed by atoms with van der Waals surface area (Å²) in [5.41, 5.74) is 1.09. The van der Waals surface area contributed by atoms with E-state index in [-0.39, 0.29) is 24.0 Å². The lowest BCUT2D eigenvalue weighted by molar-refractivity contribution is 0.116. The van der Waals surface area contributed by atoms with Crippen LogP contribution in [-0.2, 0) is 6.54 Å². The summed E-state index contributed by atoms with van der Waals surface area (Å²) in [7, 11) is 6.08. The van der Waals surface area contributed by atoms with Crippen LogP contribution in [0.1, 0.15) is 38.2 Å². The van der Waals surface area contributed by atoms with Gasteiger partial charge in [-0.05, 0) is 58.8 Å². The van der Waals surface area contributed by atoms with Gasteiger partial charge in [-0.2, -0.15) is 0 Å². The van der Waals surface area contributed by atoms with Gasteiger partial charge in [0.2, 0.25) is 0 Å². The Morgan fingerprint density at radius 1 is 1.16 bits per heavy atom. The number of nitrogens with one attached hydrogen (secondary N) is 2. The molecular formula is C23H40IN5O2. The number of aliphatic imine (C=N–C) groups is 1. The van der Waals surface area contributed by atoms with Gasteiger partial charge in [0.25, 0.3) is 0 Å². The molecule has 1 saturated heterocycles. The van der Waals surface area contributed by atoms with E-state index in [9.17, 15) is 0 Å². The first-order valence-corrected chi connectivity index (χ1v) is 11.3. The van der Waals surface area contributed by atoms with Crippen molar-refractivity contribution in [2.45, 2.75) is 51.3 Å². The SMILES string of the molecule is CCNC(=NCc1ccc(OC)cc1OC1CCCC1)NCC1CN(C)CCN1C.I. The van der Waals surface area contributed by atoms with E-state index in [2.05, 4.69) is 47.5 Å². The van der Waals surface area contributed by atoms with Gasteiger partial charge in [0.05, 0.1) is 19.8 Å². The van der Waals surface area contributed by atoms with Crippen molar-refractivity contribution in [1.82, 2.24) is 20.4 Å². The third kappa shape index (κ3) is 7.98. The maximum absolute atomic E-state index is 6.32. The molecule has 2 fully saturated rings. The normalized spacial score (nSPS) is 20.9. The predicted molar refractivity (Wildman–Crippen MR) is 138 cm³/mol. The molecule has 1 aliphatic heterocycles. The van der Waals surface area contributed by atoms with E-state index in [4.69, 9.17) is 14.5 Å². The van der Waals surface area contributed by atoms with Crippen LogP contribution in [0, 0.1) is 0 Å². The Morgan fingerprint density at radius 2 is 1.94 bits per heavy atom. The fourth-order valence-electron chi connectivity index (χ4n) is 4.13. The molecule has 1 aromatic carbocycles. The molecule has 0 amide bonds. The van der Waals surface area contributed by atoms with Gasteiger partial charge in [-0.1, -0.05) is 0 Å². The van der Waals surface area contributed by atoms with Crippen molar-refractivity contribution >= 4 is 29.9 Å². The summed E-state index contributed by atoms with van der Waals surface area (Å²) in [6.07, 6.45) is 5.08. The summed E-state index contributed by atoms with van der Waals surface area (Å²) in [5, 5.41) is 6.91. The zero-order valence-corrected chi connectivity index (χ0v) is 21.9. The van der Waals surface area contributed by atoms with Crippen LogP contribution in [0.25, 0.3) is 0 Å². The Labute approximate surface area is 205 Å². The Morgan fingerprint density at radius 3 is 2.65 bits per heavy atom. The topological polar surface area (TPSA) is 61.4 Å². The lowest BCUT2D eigenvalue weighted by Gasteiger charge is -2.37. The van der Waals surface area contributed by atoms with Crippen molar-refractivity contribution in [3.63, 3.8) is 0 Å². The number of hydrogen-bond acceptors (Lipinski definition) is 5. The molecule has 7 nitrogen and oxygen atoms in total. The molecule has 1 unspecified atom stereocenters. The molecule has 1 saturated carbocycles. The van der Waals surface area contributed by atoms with Crippen molar-refractivity contribution in [3.05, 3.63) is 23.8 Å². The summed E-state index contributed by atoms with van der Waals surface area (Å²) in [6.45, 7) is 7.68. The number of likely N-dealkylation sites (N-methyl/N-ethyl adjacent to an activating group) is 2. The second-order valence-electron chi connectivity index (χ2n) is 8.47. The molecule has 1 aliphatic carbocycles. The van der Waals surface area contributed by atoms with Gasteiger partial charge < -0.3 is 25.0 Å². The second-order valence-corrected chi connectivity index (χ2v) is 8.47. The van der Waals surface area contributed by atoms with E-state index >= 15 is 0 Å². The smallest absolute Gasteiger partial charge is 0.191 e. The van der Waals surface area contributed by atoms with Crippen LogP contribution in [0.4, 0.5) is 0 Å². The van der Waals surface area contributed by atoms with Crippen molar-refractivity contribution in [2.75, 3.05) is 53.9 Å². The molecule has 0 bridgehead atoms. The van der Waals surface area contributed by atoms with E-state index in [0.717, 1.165) is 68.6 Å². The lowest BCUT2D eigenvalue weighted by atomic mass is 10.2. The highest BCUT2D eigenvalue weighted by atomic mass is 127. The van der Waals surface area contributed by atoms with Crippen LogP contribution in [0.3, 0.4) is 0 Å². The third-order valence-electron chi connectivity index (χ3n) is 6.11. The summed E-state index contributed by atoms with van der Waals surface area (Å²) in [6, 6.07) is 6.53. The minimum Gasteiger partial charge on any atom is -0.497 e. The predicted octanol–water partition coefficient (Wildman–Crippen LogP) is 2.94. The van der Waals surface area contributed by atoms with Crippen LogP contribution in [0.15, 0.2) is 23.2 Å². The molecule has 31 heavy (non-hydrogen) atoms. The fraction of sp³-hybridized carbons (Fsp3) is 0.696. The zero-order valence-electron chi connectivity index (χ0n) is 19.5. The first-order valence-electron chi connectivity index (χ1n) is 11.3. The molecule has 3 rings (SSSR count). The van der Waals surface area contributed by atoms with Crippen molar-refractivity contribution < 1.29 is 9.47 Å². The summed E-state index contributed by atoms with van der Waals surface area (Å²) in [5.74, 6) is 2.57. The van der Waals surface area contributed by atoms with E-state index in [1.165, 1.54) is 12.8 Å². The number of benzene rings is 1.